The SMILES string of the molecule is Cc1cc([C@@H]2c3ccc(OC(C)(C)C)cc3CC[C@@H]2c2ccccc2)ccc1OS(=O)(=O)C(F)(F)C(F)(F)C(F)(F)C(F)(F)F. The van der Waals surface area contributed by atoms with Gasteiger partial charge in [-0.25, -0.2) is 0 Å². The van der Waals surface area contributed by atoms with Gasteiger partial charge in [0.2, 0.25) is 0 Å². The van der Waals surface area contributed by atoms with E-state index in [-0.39, 0.29) is 17.4 Å². The molecule has 14 heteroatoms. The van der Waals surface area contributed by atoms with Gasteiger partial charge in [-0.2, -0.15) is 47.9 Å². The summed E-state index contributed by atoms with van der Waals surface area (Å²) in [5.74, 6) is -15.6. The van der Waals surface area contributed by atoms with Gasteiger partial charge in [0.1, 0.15) is 17.1 Å². The van der Waals surface area contributed by atoms with Gasteiger partial charge < -0.3 is 8.92 Å². The van der Waals surface area contributed by atoms with E-state index in [1.54, 1.807) is 6.07 Å². The number of hydrogen-bond acceptors (Lipinski definition) is 4. The van der Waals surface area contributed by atoms with Crippen molar-refractivity contribution < 1.29 is 56.9 Å². The summed E-state index contributed by atoms with van der Waals surface area (Å²) in [7, 11) is -7.07. The van der Waals surface area contributed by atoms with Gasteiger partial charge in [0.25, 0.3) is 0 Å². The van der Waals surface area contributed by atoms with Crippen molar-refractivity contribution in [3.63, 3.8) is 0 Å². The van der Waals surface area contributed by atoms with E-state index >= 15 is 0 Å². The zero-order chi connectivity index (χ0) is 33.8. The maximum absolute atomic E-state index is 14.3. The highest BCUT2D eigenvalue weighted by Crippen LogP contribution is 2.55. The summed E-state index contributed by atoms with van der Waals surface area (Å²) in [4.78, 5) is 0. The van der Waals surface area contributed by atoms with Crippen molar-refractivity contribution in [2.75, 3.05) is 0 Å². The molecule has 0 saturated carbocycles. The molecule has 0 fully saturated rings. The highest BCUT2D eigenvalue weighted by molar-refractivity contribution is 7.88. The summed E-state index contributed by atoms with van der Waals surface area (Å²) in [6.07, 6.45) is -5.84. The molecule has 1 aliphatic carbocycles. The Balaban J connectivity index is 1.74. The Morgan fingerprint density at radius 2 is 1.38 bits per heavy atom. The molecule has 2 atom stereocenters. The van der Waals surface area contributed by atoms with Crippen LogP contribution in [0.4, 0.5) is 39.5 Å². The third kappa shape index (κ3) is 6.34. The van der Waals surface area contributed by atoms with Gasteiger partial charge >= 0.3 is 33.4 Å². The normalized spacial score (nSPS) is 18.3. The minimum atomic E-state index is -7.39. The van der Waals surface area contributed by atoms with Crippen molar-refractivity contribution in [1.29, 1.82) is 0 Å². The fourth-order valence-electron chi connectivity index (χ4n) is 5.33. The first-order valence-electron chi connectivity index (χ1n) is 13.6. The lowest BCUT2D eigenvalue weighted by molar-refractivity contribution is -0.382. The van der Waals surface area contributed by atoms with Crippen molar-refractivity contribution in [2.24, 2.45) is 0 Å². The third-order valence-corrected chi connectivity index (χ3v) is 8.70. The average Bonchev–Trinajstić information content (AvgIpc) is 2.92. The molecule has 1 aliphatic rings. The molecule has 3 aromatic rings. The van der Waals surface area contributed by atoms with E-state index in [1.807, 2.05) is 63.2 Å². The Morgan fingerprint density at radius 3 is 1.93 bits per heavy atom. The second-order valence-electron chi connectivity index (χ2n) is 11.8. The predicted molar refractivity (Wildman–Crippen MR) is 148 cm³/mol. The van der Waals surface area contributed by atoms with Crippen LogP contribution in [0.5, 0.6) is 11.5 Å². The van der Waals surface area contributed by atoms with Crippen molar-refractivity contribution in [2.45, 2.75) is 81.2 Å². The summed E-state index contributed by atoms with van der Waals surface area (Å²) in [5, 5.41) is -6.96. The fourth-order valence-corrected chi connectivity index (χ4v) is 6.30. The number of ether oxygens (including phenoxy) is 1. The molecule has 0 aromatic heterocycles. The molecular formula is C31H29F9O4S. The van der Waals surface area contributed by atoms with Gasteiger partial charge in [0, 0.05) is 5.92 Å². The van der Waals surface area contributed by atoms with Crippen LogP contribution in [-0.2, 0) is 16.5 Å². The monoisotopic (exact) mass is 668 g/mol. The Kier molecular flexibility index (Phi) is 8.75. The second-order valence-corrected chi connectivity index (χ2v) is 13.4. The summed E-state index contributed by atoms with van der Waals surface area (Å²) in [6.45, 7) is 6.88. The van der Waals surface area contributed by atoms with E-state index in [0.29, 0.717) is 24.2 Å². The van der Waals surface area contributed by atoms with Gasteiger partial charge in [-0.05, 0) is 92.5 Å². The molecule has 0 spiro atoms. The number of rotatable bonds is 8. The van der Waals surface area contributed by atoms with Crippen LogP contribution in [-0.4, -0.2) is 37.3 Å². The number of alkyl halides is 9. The Labute approximate surface area is 254 Å². The van der Waals surface area contributed by atoms with Gasteiger partial charge in [-0.1, -0.05) is 48.5 Å². The van der Waals surface area contributed by atoms with Crippen LogP contribution >= 0.6 is 0 Å². The molecule has 246 valence electrons. The van der Waals surface area contributed by atoms with Gasteiger partial charge in [-0.15, -0.1) is 0 Å². The van der Waals surface area contributed by atoms with Crippen LogP contribution in [0.25, 0.3) is 0 Å². The molecule has 45 heavy (non-hydrogen) atoms. The minimum absolute atomic E-state index is 0.115. The molecule has 0 heterocycles. The van der Waals surface area contributed by atoms with Crippen molar-refractivity contribution >= 4 is 10.1 Å². The van der Waals surface area contributed by atoms with Crippen LogP contribution in [0.3, 0.4) is 0 Å². The summed E-state index contributed by atoms with van der Waals surface area (Å²) in [5.41, 5.74) is 2.73. The average molecular weight is 669 g/mol. The maximum Gasteiger partial charge on any atom is 0.460 e. The van der Waals surface area contributed by atoms with E-state index in [0.717, 1.165) is 22.8 Å². The maximum atomic E-state index is 14.3. The Morgan fingerprint density at radius 1 is 0.756 bits per heavy atom. The highest BCUT2D eigenvalue weighted by Gasteiger charge is 2.86. The van der Waals surface area contributed by atoms with E-state index in [2.05, 4.69) is 4.18 Å². The molecule has 0 amide bonds. The number of benzene rings is 3. The van der Waals surface area contributed by atoms with Crippen molar-refractivity contribution in [1.82, 2.24) is 0 Å². The summed E-state index contributed by atoms with van der Waals surface area (Å²) in [6, 6.07) is 18.5. The molecule has 0 unspecified atom stereocenters. The molecule has 0 bridgehead atoms. The Bertz CT molecular complexity index is 1650. The number of aryl methyl sites for hydroxylation is 2. The van der Waals surface area contributed by atoms with E-state index in [1.165, 1.54) is 19.1 Å². The molecule has 0 saturated heterocycles. The number of hydrogen-bond donors (Lipinski definition) is 0. The first kappa shape index (κ1) is 34.5. The van der Waals surface area contributed by atoms with Crippen molar-refractivity contribution in [3.8, 4) is 11.5 Å². The lowest BCUT2D eigenvalue weighted by atomic mass is 9.69. The second kappa shape index (κ2) is 11.4. The summed E-state index contributed by atoms with van der Waals surface area (Å²) >= 11 is 0. The molecule has 0 N–H and O–H groups in total. The lowest BCUT2D eigenvalue weighted by Gasteiger charge is -2.35. The predicted octanol–water partition coefficient (Wildman–Crippen LogP) is 9.17. The standard InChI is InChI=1S/C31H29F9O4S/c1-18-16-21(11-15-25(18)44-45(41,42)31(39,40)29(34,35)28(32,33)30(36,37)38)26-23(19-8-6-5-7-9-19)13-10-20-17-22(12-14-24(20)26)43-27(2,3)4/h5-9,11-12,14-17,23,26H,10,13H2,1-4H3/t23-,26+/m1/s1. The number of fused-ring (bicyclic) bond motifs is 1. The zero-order valence-corrected chi connectivity index (χ0v) is 25.2. The van der Waals surface area contributed by atoms with Gasteiger partial charge in [0.05, 0.1) is 0 Å². The van der Waals surface area contributed by atoms with Crippen LogP contribution in [0.1, 0.15) is 66.8 Å². The lowest BCUT2D eigenvalue weighted by Crippen LogP contribution is -2.63. The third-order valence-electron chi connectivity index (χ3n) is 7.42. The fraction of sp³-hybridized carbons (Fsp3) is 0.419. The summed E-state index contributed by atoms with van der Waals surface area (Å²) < 4.78 is 155. The molecule has 4 nitrogen and oxygen atoms in total. The zero-order valence-electron chi connectivity index (χ0n) is 24.4. The van der Waals surface area contributed by atoms with Gasteiger partial charge in [0.15, 0.2) is 0 Å². The Hall–Kier alpha value is -3.42. The first-order valence-corrected chi connectivity index (χ1v) is 15.0. The van der Waals surface area contributed by atoms with E-state index < -0.39 is 44.7 Å². The van der Waals surface area contributed by atoms with Crippen LogP contribution in [0.15, 0.2) is 66.7 Å². The molecule has 0 aliphatic heterocycles. The smallest absolute Gasteiger partial charge is 0.460 e. The topological polar surface area (TPSA) is 52.6 Å². The molecule has 3 aromatic carbocycles. The molecule has 0 radical (unpaired) electrons. The van der Waals surface area contributed by atoms with E-state index in [4.69, 9.17) is 4.74 Å². The van der Waals surface area contributed by atoms with Gasteiger partial charge in [-0.3, -0.25) is 0 Å². The van der Waals surface area contributed by atoms with Crippen molar-refractivity contribution in [3.05, 3.63) is 94.5 Å². The highest BCUT2D eigenvalue weighted by atomic mass is 32.2. The molecular weight excluding hydrogens is 639 g/mol. The van der Waals surface area contributed by atoms with Crippen LogP contribution < -0.4 is 8.92 Å². The minimum Gasteiger partial charge on any atom is -0.488 e. The largest absolute Gasteiger partial charge is 0.488 e. The number of halogens is 9. The first-order chi connectivity index (χ1) is 20.5. The van der Waals surface area contributed by atoms with Crippen LogP contribution in [0.2, 0.25) is 0 Å². The quantitative estimate of drug-likeness (QED) is 0.178. The van der Waals surface area contributed by atoms with Crippen LogP contribution in [0, 0.1) is 6.92 Å². The molecule has 4 rings (SSSR count). The van der Waals surface area contributed by atoms with E-state index in [9.17, 15) is 47.9 Å².